The van der Waals surface area contributed by atoms with E-state index in [-0.39, 0.29) is 11.0 Å². The zero-order valence-electron chi connectivity index (χ0n) is 7.94. The van der Waals surface area contributed by atoms with Gasteiger partial charge in [0.05, 0.1) is 12.2 Å². The summed E-state index contributed by atoms with van der Waals surface area (Å²) in [5.41, 5.74) is 0.168. The average Bonchev–Trinajstić information content (AvgIpc) is 1.92. The molecule has 0 aromatic heterocycles. The SMILES string of the molecule is CC1(C)CCC(C)(C)OOC1. The largest absolute Gasteiger partial charge is 0.236 e. The molecule has 2 nitrogen and oxygen atoms in total. The van der Waals surface area contributed by atoms with Gasteiger partial charge in [-0.15, -0.1) is 0 Å². The zero-order valence-corrected chi connectivity index (χ0v) is 7.94. The Morgan fingerprint density at radius 3 is 2.27 bits per heavy atom. The van der Waals surface area contributed by atoms with Crippen molar-refractivity contribution in [1.82, 2.24) is 0 Å². The van der Waals surface area contributed by atoms with Gasteiger partial charge in [-0.3, -0.25) is 0 Å². The highest BCUT2D eigenvalue weighted by Gasteiger charge is 2.30. The molecule has 0 atom stereocenters. The van der Waals surface area contributed by atoms with Crippen LogP contribution >= 0.6 is 0 Å². The van der Waals surface area contributed by atoms with Crippen molar-refractivity contribution in [2.24, 2.45) is 5.41 Å². The minimum atomic E-state index is -0.103. The molecule has 1 fully saturated rings. The van der Waals surface area contributed by atoms with E-state index in [1.165, 1.54) is 6.42 Å². The fourth-order valence-corrected chi connectivity index (χ4v) is 1.10. The van der Waals surface area contributed by atoms with Crippen LogP contribution in [0, 0.1) is 5.41 Å². The van der Waals surface area contributed by atoms with E-state index >= 15 is 0 Å². The highest BCUT2D eigenvalue weighted by molar-refractivity contribution is 4.76. The normalized spacial score (nSPS) is 29.5. The van der Waals surface area contributed by atoms with Crippen molar-refractivity contribution in [3.63, 3.8) is 0 Å². The molecule has 0 N–H and O–H groups in total. The van der Waals surface area contributed by atoms with Crippen molar-refractivity contribution in [3.05, 3.63) is 0 Å². The van der Waals surface area contributed by atoms with Gasteiger partial charge < -0.3 is 0 Å². The van der Waals surface area contributed by atoms with E-state index in [0.29, 0.717) is 6.61 Å². The molecule has 1 aliphatic rings. The van der Waals surface area contributed by atoms with E-state index < -0.39 is 0 Å². The highest BCUT2D eigenvalue weighted by atomic mass is 17.2. The summed E-state index contributed by atoms with van der Waals surface area (Å²) >= 11 is 0. The molecule has 0 amide bonds. The fraction of sp³-hybridized carbons (Fsp3) is 1.00. The topological polar surface area (TPSA) is 18.5 Å². The van der Waals surface area contributed by atoms with E-state index in [0.717, 1.165) is 6.42 Å². The van der Waals surface area contributed by atoms with Crippen molar-refractivity contribution in [1.29, 1.82) is 0 Å². The van der Waals surface area contributed by atoms with Gasteiger partial charge in [-0.1, -0.05) is 13.8 Å². The lowest BCUT2D eigenvalue weighted by atomic mass is 9.85. The molecule has 0 spiro atoms. The Labute approximate surface area is 68.8 Å². The van der Waals surface area contributed by atoms with Crippen molar-refractivity contribution in [3.8, 4) is 0 Å². The molecule has 0 unspecified atom stereocenters. The van der Waals surface area contributed by atoms with Gasteiger partial charge in [-0.05, 0) is 32.1 Å². The molecule has 0 bridgehead atoms. The Hall–Kier alpha value is -0.0800. The number of hydrogen-bond acceptors (Lipinski definition) is 2. The first kappa shape index (κ1) is 9.01. The predicted molar refractivity (Wildman–Crippen MR) is 44.1 cm³/mol. The zero-order chi connectivity index (χ0) is 8.54. The molecule has 1 heterocycles. The van der Waals surface area contributed by atoms with Gasteiger partial charge in [-0.2, -0.15) is 0 Å². The fourth-order valence-electron chi connectivity index (χ4n) is 1.10. The summed E-state index contributed by atoms with van der Waals surface area (Å²) in [6.07, 6.45) is 2.24. The summed E-state index contributed by atoms with van der Waals surface area (Å²) in [5.74, 6) is 0. The predicted octanol–water partition coefficient (Wildman–Crippen LogP) is 2.53. The van der Waals surface area contributed by atoms with Crippen molar-refractivity contribution < 1.29 is 9.78 Å². The van der Waals surface area contributed by atoms with Gasteiger partial charge in [0, 0.05) is 0 Å². The summed E-state index contributed by atoms with van der Waals surface area (Å²) in [6.45, 7) is 9.24. The maximum absolute atomic E-state index is 5.23. The van der Waals surface area contributed by atoms with Crippen LogP contribution in [-0.4, -0.2) is 12.2 Å². The van der Waals surface area contributed by atoms with Crippen LogP contribution in [0.15, 0.2) is 0 Å². The van der Waals surface area contributed by atoms with Crippen molar-refractivity contribution in [2.45, 2.75) is 46.1 Å². The van der Waals surface area contributed by atoms with Gasteiger partial charge in [0.1, 0.15) is 0 Å². The first-order valence-corrected chi connectivity index (χ1v) is 4.22. The Balaban J connectivity index is 2.53. The van der Waals surface area contributed by atoms with Gasteiger partial charge in [0.25, 0.3) is 0 Å². The minimum absolute atomic E-state index is 0.103. The highest BCUT2D eigenvalue weighted by Crippen LogP contribution is 2.32. The Kier molecular flexibility index (Phi) is 2.26. The number of hydrogen-bond donors (Lipinski definition) is 0. The van der Waals surface area contributed by atoms with Crippen LogP contribution in [0.3, 0.4) is 0 Å². The number of rotatable bonds is 0. The Bertz CT molecular complexity index is 122. The maximum Gasteiger partial charge on any atom is 0.0980 e. The van der Waals surface area contributed by atoms with Crippen LogP contribution in [0.1, 0.15) is 40.5 Å². The second-order valence-electron chi connectivity index (χ2n) is 4.77. The smallest absolute Gasteiger partial charge is 0.0980 e. The second-order valence-corrected chi connectivity index (χ2v) is 4.77. The van der Waals surface area contributed by atoms with Crippen LogP contribution in [0.25, 0.3) is 0 Å². The molecule has 1 rings (SSSR count). The van der Waals surface area contributed by atoms with Gasteiger partial charge in [0.15, 0.2) is 0 Å². The second kappa shape index (κ2) is 2.76. The van der Waals surface area contributed by atoms with Gasteiger partial charge in [-0.25, -0.2) is 9.78 Å². The van der Waals surface area contributed by atoms with Gasteiger partial charge >= 0.3 is 0 Å². The van der Waals surface area contributed by atoms with Crippen LogP contribution in [0.4, 0.5) is 0 Å². The van der Waals surface area contributed by atoms with E-state index in [1.54, 1.807) is 0 Å². The average molecular weight is 158 g/mol. The molecule has 0 aromatic carbocycles. The quantitative estimate of drug-likeness (QED) is 0.504. The summed E-state index contributed by atoms with van der Waals surface area (Å²) in [6, 6.07) is 0. The monoisotopic (exact) mass is 158 g/mol. The summed E-state index contributed by atoms with van der Waals surface area (Å²) in [4.78, 5) is 10.4. The van der Waals surface area contributed by atoms with E-state index in [2.05, 4.69) is 27.7 Å². The van der Waals surface area contributed by atoms with Gasteiger partial charge in [0.2, 0.25) is 0 Å². The van der Waals surface area contributed by atoms with Crippen molar-refractivity contribution in [2.75, 3.05) is 6.61 Å². The van der Waals surface area contributed by atoms with Crippen LogP contribution < -0.4 is 0 Å². The molecule has 1 aliphatic heterocycles. The molecule has 1 saturated heterocycles. The first-order chi connectivity index (χ1) is 4.91. The Morgan fingerprint density at radius 2 is 1.64 bits per heavy atom. The Morgan fingerprint density at radius 1 is 1.00 bits per heavy atom. The molecule has 2 heteroatoms. The standard InChI is InChI=1S/C9H18O2/c1-8(2)5-6-9(3,4)11-10-7-8/h5-7H2,1-4H3. The van der Waals surface area contributed by atoms with Crippen LogP contribution in [-0.2, 0) is 9.78 Å². The van der Waals surface area contributed by atoms with Crippen molar-refractivity contribution >= 4 is 0 Å². The maximum atomic E-state index is 5.23. The molecule has 0 aliphatic carbocycles. The van der Waals surface area contributed by atoms with Crippen LogP contribution in [0.5, 0.6) is 0 Å². The molecular formula is C9H18O2. The third-order valence-electron chi connectivity index (χ3n) is 2.14. The lowest BCUT2D eigenvalue weighted by molar-refractivity contribution is -0.352. The lowest BCUT2D eigenvalue weighted by Gasteiger charge is -2.20. The first-order valence-electron chi connectivity index (χ1n) is 4.22. The van der Waals surface area contributed by atoms with E-state index in [4.69, 9.17) is 9.78 Å². The van der Waals surface area contributed by atoms with E-state index in [9.17, 15) is 0 Å². The molecule has 0 saturated carbocycles. The minimum Gasteiger partial charge on any atom is -0.236 e. The molecule has 66 valence electrons. The molecular weight excluding hydrogens is 140 g/mol. The molecule has 0 radical (unpaired) electrons. The lowest BCUT2D eigenvalue weighted by Crippen LogP contribution is -2.22. The molecule has 11 heavy (non-hydrogen) atoms. The van der Waals surface area contributed by atoms with Crippen LogP contribution in [0.2, 0.25) is 0 Å². The molecule has 0 aromatic rings. The summed E-state index contributed by atoms with van der Waals surface area (Å²) < 4.78 is 0. The third-order valence-corrected chi connectivity index (χ3v) is 2.14. The summed E-state index contributed by atoms with van der Waals surface area (Å²) in [7, 11) is 0. The van der Waals surface area contributed by atoms with E-state index in [1.807, 2.05) is 0 Å². The third kappa shape index (κ3) is 2.80. The summed E-state index contributed by atoms with van der Waals surface area (Å²) in [5, 5.41) is 0.